The smallest absolute Gasteiger partial charge is 0.391 e. The van der Waals surface area contributed by atoms with Crippen LogP contribution in [0.2, 0.25) is 0 Å². The molecule has 1 saturated heterocycles. The van der Waals surface area contributed by atoms with Gasteiger partial charge in [0.05, 0.1) is 36.8 Å². The molecule has 2 heterocycles. The van der Waals surface area contributed by atoms with Crippen LogP contribution in [-0.2, 0) is 22.4 Å². The normalized spacial score (nSPS) is 25.9. The molecule has 0 radical (unpaired) electrons. The van der Waals surface area contributed by atoms with Crippen molar-refractivity contribution >= 4 is 17.7 Å². The SMILES string of the molecule is Nc1nc2c(c(N3CCN(CCO[C@H]4C[C@@H](C(=O)O)C4)CC3)n1)CCc1cc(OCC3CCC(C(F)(F)F)CC3)ccc1-2. The van der Waals surface area contributed by atoms with E-state index in [4.69, 9.17) is 20.3 Å². The number of carboxylic acids is 1. The Morgan fingerprint density at radius 2 is 1.79 bits per heavy atom. The highest BCUT2D eigenvalue weighted by Crippen LogP contribution is 2.41. The number of hydrogen-bond donors (Lipinski definition) is 2. The molecule has 0 atom stereocenters. The number of halogens is 3. The Balaban J connectivity index is 1.03. The number of benzene rings is 1. The lowest BCUT2D eigenvalue weighted by Gasteiger charge is -2.38. The summed E-state index contributed by atoms with van der Waals surface area (Å²) < 4.78 is 50.9. The van der Waals surface area contributed by atoms with Crippen molar-refractivity contribution in [2.75, 3.05) is 56.6 Å². The number of nitrogens with zero attached hydrogens (tertiary/aromatic N) is 4. The fourth-order valence-corrected chi connectivity index (χ4v) is 6.87. The molecule has 0 bridgehead atoms. The van der Waals surface area contributed by atoms with Crippen LogP contribution < -0.4 is 15.4 Å². The molecular weight excluding hydrogens is 563 g/mol. The van der Waals surface area contributed by atoms with Crippen LogP contribution in [0, 0.1) is 17.8 Å². The zero-order valence-electron chi connectivity index (χ0n) is 24.3. The number of nitrogens with two attached hydrogens (primary N) is 1. The maximum Gasteiger partial charge on any atom is 0.391 e. The van der Waals surface area contributed by atoms with Gasteiger partial charge in [-0.05, 0) is 81.0 Å². The molecule has 3 aliphatic carbocycles. The zero-order chi connectivity index (χ0) is 30.1. The number of nitrogen functional groups attached to an aromatic ring is 1. The summed E-state index contributed by atoms with van der Waals surface area (Å²) in [6.45, 7) is 5.24. The van der Waals surface area contributed by atoms with Crippen molar-refractivity contribution in [2.24, 2.45) is 17.8 Å². The Kier molecular flexibility index (Phi) is 8.68. The lowest BCUT2D eigenvalue weighted by atomic mass is 9.82. The molecule has 43 heavy (non-hydrogen) atoms. The number of aromatic nitrogens is 2. The van der Waals surface area contributed by atoms with E-state index in [-0.39, 0.29) is 36.7 Å². The van der Waals surface area contributed by atoms with E-state index in [1.165, 1.54) is 0 Å². The number of piperazine rings is 1. The molecule has 1 aliphatic heterocycles. The van der Waals surface area contributed by atoms with Crippen molar-refractivity contribution in [2.45, 2.75) is 63.6 Å². The lowest BCUT2D eigenvalue weighted by molar-refractivity contribution is -0.184. The monoisotopic (exact) mass is 603 g/mol. The fraction of sp³-hybridized carbons (Fsp3) is 0.645. The van der Waals surface area contributed by atoms with Crippen molar-refractivity contribution in [3.05, 3.63) is 29.3 Å². The van der Waals surface area contributed by atoms with E-state index in [1.54, 1.807) is 0 Å². The van der Waals surface area contributed by atoms with Crippen LogP contribution in [0.3, 0.4) is 0 Å². The first-order valence-corrected chi connectivity index (χ1v) is 15.4. The molecule has 0 amide bonds. The third kappa shape index (κ3) is 6.85. The van der Waals surface area contributed by atoms with E-state index < -0.39 is 18.1 Å². The summed E-state index contributed by atoms with van der Waals surface area (Å²) in [6, 6.07) is 5.96. The molecule has 3 fully saturated rings. The standard InChI is InChI=1S/C31H40F3N5O4/c32-31(33,34)22-4-1-19(2-5-22)18-43-23-6-8-25-20(15-23)3-7-26-27(25)36-30(35)37-28(26)39-11-9-38(10-12-39)13-14-42-24-16-21(17-24)29(40)41/h6,8,15,19,21-22,24H,1-5,7,9-14,16-18H2,(H,40,41)(H2,35,36,37)/t19?,21-,22?,24+. The number of carboxylic acid groups (broad SMARTS) is 1. The van der Waals surface area contributed by atoms with E-state index >= 15 is 0 Å². The van der Waals surface area contributed by atoms with Gasteiger partial charge in [-0.3, -0.25) is 9.69 Å². The summed E-state index contributed by atoms with van der Waals surface area (Å²) in [7, 11) is 0. The number of fused-ring (bicyclic) bond motifs is 3. The largest absolute Gasteiger partial charge is 0.493 e. The Bertz CT molecular complexity index is 1300. The number of aliphatic carboxylic acids is 1. The lowest BCUT2D eigenvalue weighted by Crippen LogP contribution is -2.48. The first kappa shape index (κ1) is 29.9. The number of aryl methyl sites for hydroxylation is 1. The van der Waals surface area contributed by atoms with E-state index in [2.05, 4.69) is 19.8 Å². The van der Waals surface area contributed by atoms with Crippen LogP contribution in [0.25, 0.3) is 11.3 Å². The number of ether oxygens (including phenoxy) is 2. The quantitative estimate of drug-likeness (QED) is 0.425. The summed E-state index contributed by atoms with van der Waals surface area (Å²) in [4.78, 5) is 24.9. The minimum atomic E-state index is -4.09. The molecule has 9 nitrogen and oxygen atoms in total. The van der Waals surface area contributed by atoms with E-state index in [9.17, 15) is 18.0 Å². The van der Waals surface area contributed by atoms with Gasteiger partial charge in [-0.2, -0.15) is 18.2 Å². The van der Waals surface area contributed by atoms with Gasteiger partial charge < -0.3 is 25.2 Å². The van der Waals surface area contributed by atoms with Crippen LogP contribution in [0.1, 0.15) is 49.7 Å². The Morgan fingerprint density at radius 3 is 2.49 bits per heavy atom. The summed E-state index contributed by atoms with van der Waals surface area (Å²) in [5.74, 6) is -0.140. The highest BCUT2D eigenvalue weighted by atomic mass is 19.4. The van der Waals surface area contributed by atoms with E-state index in [0.717, 1.165) is 79.5 Å². The highest BCUT2D eigenvalue weighted by Gasteiger charge is 2.41. The number of rotatable bonds is 9. The Hall–Kier alpha value is -3.12. The molecule has 1 aromatic carbocycles. The van der Waals surface area contributed by atoms with Gasteiger partial charge in [0, 0.05) is 43.9 Å². The maximum atomic E-state index is 13.0. The molecular formula is C31H40F3N5O4. The van der Waals surface area contributed by atoms with E-state index in [0.29, 0.717) is 38.9 Å². The van der Waals surface area contributed by atoms with Crippen molar-refractivity contribution in [3.63, 3.8) is 0 Å². The van der Waals surface area contributed by atoms with Gasteiger partial charge in [0.15, 0.2) is 0 Å². The topological polar surface area (TPSA) is 114 Å². The van der Waals surface area contributed by atoms with Gasteiger partial charge in [0.1, 0.15) is 11.6 Å². The van der Waals surface area contributed by atoms with Crippen LogP contribution >= 0.6 is 0 Å². The van der Waals surface area contributed by atoms with Gasteiger partial charge in [0.2, 0.25) is 5.95 Å². The second-order valence-electron chi connectivity index (χ2n) is 12.4. The summed E-state index contributed by atoms with van der Waals surface area (Å²) in [6.07, 6.45) is 0.237. The summed E-state index contributed by atoms with van der Waals surface area (Å²) in [5.41, 5.74) is 10.3. The van der Waals surface area contributed by atoms with Crippen LogP contribution in [0.5, 0.6) is 5.75 Å². The van der Waals surface area contributed by atoms with Crippen LogP contribution in [-0.4, -0.2) is 84.2 Å². The molecule has 2 saturated carbocycles. The maximum absolute atomic E-state index is 13.0. The van der Waals surface area contributed by atoms with Gasteiger partial charge in [-0.15, -0.1) is 0 Å². The molecule has 0 unspecified atom stereocenters. The minimum absolute atomic E-state index is 0.0649. The van der Waals surface area contributed by atoms with Gasteiger partial charge in [0.25, 0.3) is 0 Å². The highest BCUT2D eigenvalue weighted by molar-refractivity contribution is 5.76. The van der Waals surface area contributed by atoms with E-state index in [1.807, 2.05) is 18.2 Å². The molecule has 12 heteroatoms. The predicted molar refractivity (Wildman–Crippen MR) is 155 cm³/mol. The molecule has 6 rings (SSSR count). The predicted octanol–water partition coefficient (Wildman–Crippen LogP) is 4.57. The van der Waals surface area contributed by atoms with Gasteiger partial charge in [-0.1, -0.05) is 0 Å². The second kappa shape index (κ2) is 12.5. The van der Waals surface area contributed by atoms with Crippen LogP contribution in [0.4, 0.5) is 24.9 Å². The first-order chi connectivity index (χ1) is 20.6. The fourth-order valence-electron chi connectivity index (χ4n) is 6.87. The van der Waals surface area contributed by atoms with Crippen molar-refractivity contribution in [1.82, 2.24) is 14.9 Å². The first-order valence-electron chi connectivity index (χ1n) is 15.4. The summed E-state index contributed by atoms with van der Waals surface area (Å²) >= 11 is 0. The Labute approximate surface area is 249 Å². The molecule has 3 N–H and O–H groups in total. The Morgan fingerprint density at radius 1 is 1.05 bits per heavy atom. The average Bonchev–Trinajstić information content (AvgIpc) is 2.96. The summed E-state index contributed by atoms with van der Waals surface area (Å²) in [5, 5.41) is 9.02. The number of carbonyl (C=O) groups is 1. The number of hydrogen-bond acceptors (Lipinski definition) is 8. The van der Waals surface area contributed by atoms with Crippen molar-refractivity contribution in [1.29, 1.82) is 0 Å². The minimum Gasteiger partial charge on any atom is -0.493 e. The van der Waals surface area contributed by atoms with Gasteiger partial charge >= 0.3 is 12.1 Å². The zero-order valence-corrected chi connectivity index (χ0v) is 24.3. The third-order valence-electron chi connectivity index (χ3n) is 9.65. The van der Waals surface area contributed by atoms with Gasteiger partial charge in [-0.25, -0.2) is 4.98 Å². The molecule has 2 aromatic rings. The molecule has 0 spiro atoms. The van der Waals surface area contributed by atoms with Crippen molar-refractivity contribution < 1.29 is 32.5 Å². The average molecular weight is 604 g/mol. The molecule has 4 aliphatic rings. The van der Waals surface area contributed by atoms with Crippen molar-refractivity contribution in [3.8, 4) is 17.0 Å². The molecule has 234 valence electrons. The van der Waals surface area contributed by atoms with Crippen LogP contribution in [0.15, 0.2) is 18.2 Å². The number of anilines is 2. The number of alkyl halides is 3. The second-order valence-corrected chi connectivity index (χ2v) is 12.4. The third-order valence-corrected chi connectivity index (χ3v) is 9.65. The molecule has 1 aromatic heterocycles.